The van der Waals surface area contributed by atoms with Crippen LogP contribution in [-0.2, 0) is 14.3 Å². The third kappa shape index (κ3) is 3.72. The number of amides is 1. The molecule has 4 bridgehead atoms. The Hall–Kier alpha value is -2.04. The number of rotatable bonds is 6. The number of benzene rings is 1. The van der Waals surface area contributed by atoms with Gasteiger partial charge in [0.15, 0.2) is 0 Å². The van der Waals surface area contributed by atoms with Crippen molar-refractivity contribution in [2.75, 3.05) is 19.8 Å². The molecule has 1 amide bonds. The lowest BCUT2D eigenvalue weighted by atomic mass is 9.49. The van der Waals surface area contributed by atoms with E-state index < -0.39 is 6.04 Å². The van der Waals surface area contributed by atoms with E-state index in [9.17, 15) is 9.59 Å². The average Bonchev–Trinajstić information content (AvgIpc) is 3.19. The summed E-state index contributed by atoms with van der Waals surface area (Å²) in [7, 11) is 0. The quantitative estimate of drug-likeness (QED) is 0.522. The Morgan fingerprint density at radius 2 is 1.77 bits per heavy atom. The highest BCUT2D eigenvalue weighted by atomic mass is 16.6. The van der Waals surface area contributed by atoms with E-state index in [4.69, 9.17) is 9.47 Å². The zero-order valence-corrected chi connectivity index (χ0v) is 18.0. The van der Waals surface area contributed by atoms with Crippen LogP contribution < -0.4 is 4.74 Å². The molecule has 6 rings (SSSR count). The maximum Gasteiger partial charge on any atom is 0.328 e. The molecular formula is C25H33NO4. The first-order valence-corrected chi connectivity index (χ1v) is 11.7. The van der Waals surface area contributed by atoms with Crippen LogP contribution in [0.1, 0.15) is 56.9 Å². The van der Waals surface area contributed by atoms with E-state index in [0.717, 1.165) is 61.2 Å². The topological polar surface area (TPSA) is 55.8 Å². The first kappa shape index (κ1) is 19.9. The van der Waals surface area contributed by atoms with Crippen LogP contribution in [0.25, 0.3) is 0 Å². The van der Waals surface area contributed by atoms with E-state index in [0.29, 0.717) is 13.2 Å². The molecule has 4 saturated carbocycles. The van der Waals surface area contributed by atoms with Gasteiger partial charge in [0.2, 0.25) is 5.91 Å². The molecule has 4 aliphatic carbocycles. The van der Waals surface area contributed by atoms with Crippen molar-refractivity contribution < 1.29 is 19.1 Å². The molecular weight excluding hydrogens is 378 g/mol. The molecule has 30 heavy (non-hydrogen) atoms. The Bertz CT molecular complexity index is 784. The Labute approximate surface area is 179 Å². The zero-order valence-electron chi connectivity index (χ0n) is 18.0. The summed E-state index contributed by atoms with van der Waals surface area (Å²) in [6.45, 7) is 3.25. The predicted molar refractivity (Wildman–Crippen MR) is 113 cm³/mol. The van der Waals surface area contributed by atoms with Gasteiger partial charge in [-0.3, -0.25) is 4.79 Å². The van der Waals surface area contributed by atoms with E-state index in [1.807, 2.05) is 36.1 Å². The Kier molecular flexibility index (Phi) is 5.24. The molecule has 1 aromatic rings. The Morgan fingerprint density at radius 3 is 2.43 bits per heavy atom. The van der Waals surface area contributed by atoms with Crippen molar-refractivity contribution in [3.63, 3.8) is 0 Å². The molecule has 5 heteroatoms. The van der Waals surface area contributed by atoms with Gasteiger partial charge < -0.3 is 14.4 Å². The molecule has 5 nitrogen and oxygen atoms in total. The van der Waals surface area contributed by atoms with Crippen LogP contribution in [0.4, 0.5) is 0 Å². The maximum atomic E-state index is 13.7. The summed E-state index contributed by atoms with van der Waals surface area (Å²) in [5, 5.41) is 0. The molecule has 0 N–H and O–H groups in total. The summed E-state index contributed by atoms with van der Waals surface area (Å²) in [4.78, 5) is 28.3. The molecule has 0 unspecified atom stereocenters. The standard InChI is InChI=1S/C25H33NO4/c1-17-4-2-5-21(10-17)29-8-9-30-23(27)22-6-3-7-26(22)24(28)25-14-18-11-19(15-25)13-20(12-18)16-25/h2,4-5,10,18-20,22H,3,6-9,11-16H2,1H3/t18?,19?,20?,22-,25?/m1/s1. The predicted octanol–water partition coefficient (Wildman–Crippen LogP) is 4.12. The minimum atomic E-state index is -0.413. The molecule has 1 aliphatic heterocycles. The highest BCUT2D eigenvalue weighted by Gasteiger charge is 2.56. The number of hydrogen-bond donors (Lipinski definition) is 0. The molecule has 1 aromatic carbocycles. The summed E-state index contributed by atoms with van der Waals surface area (Å²) in [6.07, 6.45) is 8.69. The van der Waals surface area contributed by atoms with Crippen LogP contribution in [0.2, 0.25) is 0 Å². The third-order valence-electron chi connectivity index (χ3n) is 7.86. The van der Waals surface area contributed by atoms with E-state index in [2.05, 4.69) is 0 Å². The maximum absolute atomic E-state index is 13.7. The first-order chi connectivity index (χ1) is 14.5. The molecule has 5 aliphatic rings. The van der Waals surface area contributed by atoms with Crippen LogP contribution in [0.3, 0.4) is 0 Å². The number of hydrogen-bond acceptors (Lipinski definition) is 4. The van der Waals surface area contributed by atoms with Gasteiger partial charge in [0.05, 0.1) is 5.41 Å². The van der Waals surface area contributed by atoms with E-state index >= 15 is 0 Å². The van der Waals surface area contributed by atoms with Crippen molar-refractivity contribution in [3.05, 3.63) is 29.8 Å². The fraction of sp³-hybridized carbons (Fsp3) is 0.680. The van der Waals surface area contributed by atoms with Gasteiger partial charge in [0, 0.05) is 6.54 Å². The van der Waals surface area contributed by atoms with Crippen LogP contribution in [0.5, 0.6) is 5.75 Å². The lowest BCUT2D eigenvalue weighted by Gasteiger charge is -2.56. The van der Waals surface area contributed by atoms with Gasteiger partial charge in [0.25, 0.3) is 0 Å². The van der Waals surface area contributed by atoms with Gasteiger partial charge in [-0.05, 0) is 93.7 Å². The van der Waals surface area contributed by atoms with E-state index in [-0.39, 0.29) is 23.9 Å². The normalized spacial score (nSPS) is 34.2. The number of ether oxygens (including phenoxy) is 2. The fourth-order valence-corrected chi connectivity index (χ4v) is 7.04. The van der Waals surface area contributed by atoms with Crippen LogP contribution in [-0.4, -0.2) is 42.6 Å². The summed E-state index contributed by atoms with van der Waals surface area (Å²) >= 11 is 0. The molecule has 1 saturated heterocycles. The van der Waals surface area contributed by atoms with Crippen molar-refractivity contribution in [3.8, 4) is 5.75 Å². The Balaban J connectivity index is 1.17. The van der Waals surface area contributed by atoms with Gasteiger partial charge in [-0.15, -0.1) is 0 Å². The van der Waals surface area contributed by atoms with E-state index in [1.165, 1.54) is 19.3 Å². The van der Waals surface area contributed by atoms with Crippen molar-refractivity contribution in [2.45, 2.75) is 64.3 Å². The molecule has 0 spiro atoms. The molecule has 0 aromatic heterocycles. The monoisotopic (exact) mass is 411 g/mol. The second-order valence-corrected chi connectivity index (χ2v) is 10.2. The number of aryl methyl sites for hydroxylation is 1. The van der Waals surface area contributed by atoms with Gasteiger partial charge in [0.1, 0.15) is 25.0 Å². The van der Waals surface area contributed by atoms with Crippen molar-refractivity contribution in [1.82, 2.24) is 4.90 Å². The summed E-state index contributed by atoms with van der Waals surface area (Å²) in [5.74, 6) is 2.95. The van der Waals surface area contributed by atoms with Crippen LogP contribution >= 0.6 is 0 Å². The second-order valence-electron chi connectivity index (χ2n) is 10.2. The lowest BCUT2D eigenvalue weighted by molar-refractivity contribution is -0.165. The van der Waals surface area contributed by atoms with Crippen molar-refractivity contribution >= 4 is 11.9 Å². The molecule has 1 heterocycles. The van der Waals surface area contributed by atoms with Crippen molar-refractivity contribution in [1.29, 1.82) is 0 Å². The van der Waals surface area contributed by atoms with Crippen LogP contribution in [0, 0.1) is 30.1 Å². The van der Waals surface area contributed by atoms with Gasteiger partial charge in [-0.2, -0.15) is 0 Å². The molecule has 5 fully saturated rings. The van der Waals surface area contributed by atoms with Gasteiger partial charge in [-0.1, -0.05) is 12.1 Å². The Morgan fingerprint density at radius 1 is 1.07 bits per heavy atom. The highest BCUT2D eigenvalue weighted by Crippen LogP contribution is 2.60. The lowest BCUT2D eigenvalue weighted by Crippen LogP contribution is -2.56. The SMILES string of the molecule is Cc1cccc(OCCOC(=O)[C@H]2CCCN2C(=O)C23CC4CC(CC(C4)C2)C3)c1. The highest BCUT2D eigenvalue weighted by molar-refractivity contribution is 5.89. The number of carbonyl (C=O) groups excluding carboxylic acids is 2. The van der Waals surface area contributed by atoms with E-state index in [1.54, 1.807) is 0 Å². The van der Waals surface area contributed by atoms with Crippen molar-refractivity contribution in [2.24, 2.45) is 23.2 Å². The molecule has 0 radical (unpaired) electrons. The number of nitrogens with zero attached hydrogens (tertiary/aromatic N) is 1. The van der Waals surface area contributed by atoms with Crippen LogP contribution in [0.15, 0.2) is 24.3 Å². The molecule has 162 valence electrons. The second kappa shape index (κ2) is 7.90. The largest absolute Gasteiger partial charge is 0.490 e. The fourth-order valence-electron chi connectivity index (χ4n) is 7.04. The summed E-state index contributed by atoms with van der Waals surface area (Å²) in [5.41, 5.74) is 0.945. The summed E-state index contributed by atoms with van der Waals surface area (Å²) < 4.78 is 11.2. The molecule has 1 atom stereocenters. The zero-order chi connectivity index (χ0) is 20.7. The van der Waals surface area contributed by atoms with Gasteiger partial charge in [-0.25, -0.2) is 4.79 Å². The summed E-state index contributed by atoms with van der Waals surface area (Å²) in [6, 6.07) is 7.41. The number of likely N-dealkylation sites (tertiary alicyclic amines) is 1. The number of esters is 1. The minimum Gasteiger partial charge on any atom is -0.490 e. The number of carbonyl (C=O) groups is 2. The smallest absolute Gasteiger partial charge is 0.328 e. The first-order valence-electron chi connectivity index (χ1n) is 11.7. The minimum absolute atomic E-state index is 0.189. The average molecular weight is 412 g/mol. The third-order valence-corrected chi connectivity index (χ3v) is 7.86. The van der Waals surface area contributed by atoms with Gasteiger partial charge >= 0.3 is 5.97 Å².